The van der Waals surface area contributed by atoms with Crippen molar-refractivity contribution in [3.63, 3.8) is 0 Å². The van der Waals surface area contributed by atoms with Crippen molar-refractivity contribution in [3.8, 4) is 0 Å². The molecule has 1 amide bonds. The van der Waals surface area contributed by atoms with Crippen LogP contribution in [0.2, 0.25) is 0 Å². The van der Waals surface area contributed by atoms with Crippen molar-refractivity contribution < 1.29 is 43.6 Å². The van der Waals surface area contributed by atoms with Crippen LogP contribution in [-0.2, 0) is 27.1 Å². The summed E-state index contributed by atoms with van der Waals surface area (Å²) in [5.74, 6) is -13.4. The minimum atomic E-state index is -4.43. The highest BCUT2D eigenvalue weighted by molar-refractivity contribution is 7.91. The van der Waals surface area contributed by atoms with E-state index in [1.54, 1.807) is 0 Å². The largest absolute Gasteiger partial charge is 0.322 e. The lowest BCUT2D eigenvalue weighted by Crippen LogP contribution is -2.19. The standard InChI is InChI=1S/C16H10F5N5O5S3/c1-26-15(32-16(24-26)33(22,28)29)25-34(30,31)7-4-2-6(3-5-7)23-14(27)8-9(17)11(19)13(21)12(20)10(8)18/h2-5H,1H3,(H,23,27)(H2,22,28,29)/b25-15-. The van der Waals surface area contributed by atoms with Crippen LogP contribution in [0.5, 0.6) is 0 Å². The Morgan fingerprint density at radius 1 is 0.971 bits per heavy atom. The number of primary sulfonamides is 1. The van der Waals surface area contributed by atoms with Gasteiger partial charge in [-0.1, -0.05) is 11.3 Å². The average molecular weight is 543 g/mol. The highest BCUT2D eigenvalue weighted by Crippen LogP contribution is 2.24. The van der Waals surface area contributed by atoms with Crippen LogP contribution < -0.4 is 15.3 Å². The molecule has 18 heteroatoms. The minimum Gasteiger partial charge on any atom is -0.322 e. The fraction of sp³-hybridized carbons (Fsp3) is 0.0625. The van der Waals surface area contributed by atoms with Crippen molar-refractivity contribution in [2.24, 2.45) is 16.6 Å². The molecule has 1 aromatic heterocycles. The summed E-state index contributed by atoms with van der Waals surface area (Å²) in [5.41, 5.74) is -1.99. The van der Waals surface area contributed by atoms with Crippen LogP contribution in [-0.4, -0.2) is 32.5 Å². The van der Waals surface area contributed by atoms with Crippen molar-refractivity contribution >= 4 is 43.0 Å². The predicted octanol–water partition coefficient (Wildman–Crippen LogP) is 1.37. The first-order chi connectivity index (χ1) is 15.6. The van der Waals surface area contributed by atoms with Gasteiger partial charge in [0.2, 0.25) is 15.0 Å². The van der Waals surface area contributed by atoms with E-state index in [0.717, 1.165) is 28.9 Å². The molecule has 3 N–H and O–H groups in total. The van der Waals surface area contributed by atoms with E-state index in [0.29, 0.717) is 11.3 Å². The predicted molar refractivity (Wildman–Crippen MR) is 106 cm³/mol. The summed E-state index contributed by atoms with van der Waals surface area (Å²) in [6, 6.07) is 3.73. The van der Waals surface area contributed by atoms with E-state index in [1.807, 2.05) is 5.32 Å². The highest BCUT2D eigenvalue weighted by Gasteiger charge is 2.30. The van der Waals surface area contributed by atoms with E-state index in [-0.39, 0.29) is 10.5 Å². The topological polar surface area (TPSA) is 154 Å². The first-order valence-corrected chi connectivity index (χ1v) is 12.2. The molecule has 0 fully saturated rings. The maximum atomic E-state index is 13.8. The summed E-state index contributed by atoms with van der Waals surface area (Å²) in [6.45, 7) is 0. The van der Waals surface area contributed by atoms with Gasteiger partial charge >= 0.3 is 0 Å². The van der Waals surface area contributed by atoms with E-state index in [9.17, 15) is 43.6 Å². The molecule has 1 heterocycles. The van der Waals surface area contributed by atoms with Gasteiger partial charge in [-0.15, -0.1) is 9.50 Å². The van der Waals surface area contributed by atoms with Crippen LogP contribution in [0.15, 0.2) is 37.9 Å². The number of carbonyl (C=O) groups is 1. The lowest BCUT2D eigenvalue weighted by atomic mass is 10.1. The molecule has 0 radical (unpaired) electrons. The smallest absolute Gasteiger partial charge is 0.285 e. The normalized spacial score (nSPS) is 12.7. The molecule has 0 saturated carbocycles. The van der Waals surface area contributed by atoms with E-state index in [2.05, 4.69) is 9.50 Å². The number of sulfonamides is 2. The number of aryl methyl sites for hydroxylation is 1. The second-order valence-electron chi connectivity index (χ2n) is 6.31. The molecule has 3 rings (SSSR count). The number of hydrogen-bond acceptors (Lipinski definition) is 7. The Bertz CT molecular complexity index is 1570. The number of carbonyl (C=O) groups excluding carboxylic acids is 1. The second-order valence-corrected chi connectivity index (χ2v) is 10.6. The number of nitrogens with two attached hydrogens (primary N) is 1. The van der Waals surface area contributed by atoms with Crippen LogP contribution in [0.3, 0.4) is 0 Å². The zero-order valence-electron chi connectivity index (χ0n) is 16.4. The van der Waals surface area contributed by atoms with Gasteiger partial charge in [0, 0.05) is 12.7 Å². The second kappa shape index (κ2) is 8.85. The van der Waals surface area contributed by atoms with Gasteiger partial charge < -0.3 is 5.32 Å². The zero-order valence-corrected chi connectivity index (χ0v) is 18.8. The Balaban J connectivity index is 1.91. The molecule has 0 unspecified atom stereocenters. The molecule has 3 aromatic rings. The Labute approximate surface area is 191 Å². The number of rotatable bonds is 5. The van der Waals surface area contributed by atoms with Crippen molar-refractivity contribution in [2.45, 2.75) is 9.24 Å². The maximum Gasteiger partial charge on any atom is 0.285 e. The number of amides is 1. The van der Waals surface area contributed by atoms with Gasteiger partial charge in [-0.2, -0.15) is 8.42 Å². The summed E-state index contributed by atoms with van der Waals surface area (Å²) in [4.78, 5) is 11.3. The van der Waals surface area contributed by atoms with Crippen LogP contribution >= 0.6 is 11.3 Å². The fourth-order valence-corrected chi connectivity index (χ4v) is 5.16. The van der Waals surface area contributed by atoms with Crippen LogP contribution in [0.1, 0.15) is 10.4 Å². The molecular weight excluding hydrogens is 533 g/mol. The summed E-state index contributed by atoms with van der Waals surface area (Å²) >= 11 is 0.380. The highest BCUT2D eigenvalue weighted by atomic mass is 32.2. The fourth-order valence-electron chi connectivity index (χ4n) is 2.39. The summed E-state index contributed by atoms with van der Waals surface area (Å²) in [5, 5.41) is 10.4. The van der Waals surface area contributed by atoms with E-state index < -0.39 is 69.8 Å². The maximum absolute atomic E-state index is 13.8. The van der Waals surface area contributed by atoms with Crippen molar-refractivity contribution in [1.29, 1.82) is 0 Å². The molecule has 0 spiro atoms. The van der Waals surface area contributed by atoms with Gasteiger partial charge in [0.1, 0.15) is 5.56 Å². The summed E-state index contributed by atoms with van der Waals surface area (Å²) in [7, 11) is -7.42. The molecule has 0 bridgehead atoms. The van der Waals surface area contributed by atoms with Gasteiger partial charge in [0.25, 0.3) is 26.0 Å². The van der Waals surface area contributed by atoms with Gasteiger partial charge in [-0.3, -0.25) is 4.79 Å². The molecule has 34 heavy (non-hydrogen) atoms. The first kappa shape index (κ1) is 25.4. The number of nitrogens with one attached hydrogen (secondary N) is 1. The minimum absolute atomic E-state index is 0.257. The lowest BCUT2D eigenvalue weighted by molar-refractivity contribution is 0.101. The van der Waals surface area contributed by atoms with Crippen molar-refractivity contribution in [1.82, 2.24) is 9.78 Å². The Morgan fingerprint density at radius 2 is 1.47 bits per heavy atom. The van der Waals surface area contributed by atoms with Crippen LogP contribution in [0.25, 0.3) is 0 Å². The third-order valence-electron chi connectivity index (χ3n) is 3.98. The molecule has 0 aliphatic rings. The summed E-state index contributed by atoms with van der Waals surface area (Å²) < 4.78 is 119. The van der Waals surface area contributed by atoms with Gasteiger partial charge in [0.05, 0.1) is 4.90 Å². The number of halogens is 5. The van der Waals surface area contributed by atoms with E-state index in [4.69, 9.17) is 5.14 Å². The Morgan fingerprint density at radius 3 is 1.94 bits per heavy atom. The molecule has 0 atom stereocenters. The average Bonchev–Trinajstić information content (AvgIpc) is 3.11. The quantitative estimate of drug-likeness (QED) is 0.282. The Kier molecular flexibility index (Phi) is 6.62. The monoisotopic (exact) mass is 543 g/mol. The van der Waals surface area contributed by atoms with Crippen molar-refractivity contribution in [3.05, 3.63) is 63.7 Å². The summed E-state index contributed by atoms with van der Waals surface area (Å²) in [6.07, 6.45) is 0. The molecule has 2 aromatic carbocycles. The number of anilines is 1. The third-order valence-corrected chi connectivity index (χ3v) is 7.68. The zero-order chi connectivity index (χ0) is 25.6. The number of nitrogens with zero attached hydrogens (tertiary/aromatic N) is 3. The molecule has 0 aliphatic heterocycles. The SMILES string of the molecule is Cn1nc(S(N)(=O)=O)s/c1=N\S(=O)(=O)c1ccc(NC(=O)c2c(F)c(F)c(F)c(F)c2F)cc1. The first-order valence-electron chi connectivity index (χ1n) is 8.44. The van der Waals surface area contributed by atoms with Gasteiger partial charge in [0.15, 0.2) is 23.3 Å². The van der Waals surface area contributed by atoms with Gasteiger partial charge in [-0.05, 0) is 24.3 Å². The molecule has 0 aliphatic carbocycles. The number of aromatic nitrogens is 2. The van der Waals surface area contributed by atoms with E-state index in [1.165, 1.54) is 7.05 Å². The molecular formula is C16H10F5N5O5S3. The number of hydrogen-bond donors (Lipinski definition) is 2. The Hall–Kier alpha value is -3.22. The number of benzene rings is 2. The third kappa shape index (κ3) is 4.83. The molecule has 182 valence electrons. The lowest BCUT2D eigenvalue weighted by Gasteiger charge is -2.09. The van der Waals surface area contributed by atoms with Crippen LogP contribution in [0, 0.1) is 29.1 Å². The van der Waals surface area contributed by atoms with E-state index >= 15 is 0 Å². The van der Waals surface area contributed by atoms with Crippen LogP contribution in [0.4, 0.5) is 27.6 Å². The van der Waals surface area contributed by atoms with Gasteiger partial charge in [-0.25, -0.2) is 40.2 Å². The van der Waals surface area contributed by atoms with Crippen molar-refractivity contribution in [2.75, 3.05) is 5.32 Å². The molecule has 0 saturated heterocycles. The molecule has 10 nitrogen and oxygen atoms in total.